The molecule has 2 atom stereocenters. The molecule has 1 N–H and O–H groups in total. The number of rotatable bonds is 2. The maximum atomic E-state index is 13.0. The Kier molecular flexibility index (Phi) is 3.38. The van der Waals surface area contributed by atoms with Gasteiger partial charge in [-0.3, -0.25) is 9.89 Å². The van der Waals surface area contributed by atoms with Crippen LogP contribution in [0.3, 0.4) is 0 Å². The van der Waals surface area contributed by atoms with Gasteiger partial charge in [-0.15, -0.1) is 0 Å². The Bertz CT molecular complexity index is 981. The van der Waals surface area contributed by atoms with Crippen molar-refractivity contribution >= 4 is 5.91 Å². The number of carbonyl (C=O) groups is 1. The molecule has 0 unspecified atom stereocenters. The van der Waals surface area contributed by atoms with Crippen LogP contribution in [0.1, 0.15) is 46.3 Å². The molecule has 6 heteroatoms. The van der Waals surface area contributed by atoms with Gasteiger partial charge in [0.25, 0.3) is 5.91 Å². The van der Waals surface area contributed by atoms with Crippen LogP contribution in [0.4, 0.5) is 0 Å². The number of nitrogens with zero attached hydrogens (tertiary/aromatic N) is 4. The first-order valence-corrected chi connectivity index (χ1v) is 8.96. The molecular formula is C20H19N5O. The van der Waals surface area contributed by atoms with Crippen LogP contribution in [0, 0.1) is 6.92 Å². The SMILES string of the molecule is Cc1cc(C(=O)N2[C@H]3CC[C@@H]2c2cnc(-c4ccccc4)nc2C3)n[nH]1. The summed E-state index contributed by atoms with van der Waals surface area (Å²) in [6, 6.07) is 12.1. The van der Waals surface area contributed by atoms with E-state index in [1.807, 2.05) is 54.4 Å². The van der Waals surface area contributed by atoms with Gasteiger partial charge in [0.15, 0.2) is 5.82 Å². The predicted molar refractivity (Wildman–Crippen MR) is 96.4 cm³/mol. The van der Waals surface area contributed by atoms with Gasteiger partial charge >= 0.3 is 0 Å². The molecule has 1 amide bonds. The average molecular weight is 345 g/mol. The maximum Gasteiger partial charge on any atom is 0.275 e. The Morgan fingerprint density at radius 2 is 2.08 bits per heavy atom. The molecule has 2 bridgehead atoms. The van der Waals surface area contributed by atoms with Crippen molar-refractivity contribution in [1.82, 2.24) is 25.1 Å². The van der Waals surface area contributed by atoms with E-state index in [2.05, 4.69) is 15.2 Å². The maximum absolute atomic E-state index is 13.0. The summed E-state index contributed by atoms with van der Waals surface area (Å²) in [4.78, 5) is 24.4. The minimum absolute atomic E-state index is 0.000337. The second kappa shape index (κ2) is 5.76. The fourth-order valence-electron chi connectivity index (χ4n) is 4.17. The molecule has 2 aromatic heterocycles. The van der Waals surface area contributed by atoms with Gasteiger partial charge in [-0.2, -0.15) is 5.10 Å². The summed E-state index contributed by atoms with van der Waals surface area (Å²) in [5.74, 6) is 0.756. The largest absolute Gasteiger partial charge is 0.327 e. The number of hydrogen-bond acceptors (Lipinski definition) is 4. The van der Waals surface area contributed by atoms with E-state index in [4.69, 9.17) is 4.98 Å². The lowest BCUT2D eigenvalue weighted by Gasteiger charge is -2.35. The van der Waals surface area contributed by atoms with Crippen LogP contribution in [0.15, 0.2) is 42.6 Å². The Morgan fingerprint density at radius 3 is 2.85 bits per heavy atom. The predicted octanol–water partition coefficient (Wildman–Crippen LogP) is 3.08. The minimum Gasteiger partial charge on any atom is -0.327 e. The molecule has 0 aliphatic carbocycles. The third-order valence-electron chi connectivity index (χ3n) is 5.38. The lowest BCUT2D eigenvalue weighted by atomic mass is 9.98. The molecule has 0 radical (unpaired) electrons. The zero-order valence-corrected chi connectivity index (χ0v) is 14.5. The number of H-pyrrole nitrogens is 1. The van der Waals surface area contributed by atoms with Crippen molar-refractivity contribution in [2.45, 2.75) is 38.3 Å². The van der Waals surface area contributed by atoms with Gasteiger partial charge in [-0.25, -0.2) is 9.97 Å². The van der Waals surface area contributed by atoms with Crippen molar-refractivity contribution in [1.29, 1.82) is 0 Å². The van der Waals surface area contributed by atoms with Crippen LogP contribution < -0.4 is 0 Å². The van der Waals surface area contributed by atoms with E-state index in [-0.39, 0.29) is 18.0 Å². The standard InChI is InChI=1S/C20H19N5O/c1-12-9-17(24-23-12)20(26)25-14-7-8-18(25)15-11-21-19(22-16(15)10-14)13-5-3-2-4-6-13/h2-6,9,11,14,18H,7-8,10H2,1H3,(H,23,24)/t14-,18+/m0/s1. The Hall–Kier alpha value is -3.02. The highest BCUT2D eigenvalue weighted by molar-refractivity contribution is 5.93. The molecule has 26 heavy (non-hydrogen) atoms. The number of carbonyl (C=O) groups excluding carboxylic acids is 1. The molecule has 2 aliphatic rings. The fraction of sp³-hybridized carbons (Fsp3) is 0.300. The molecule has 1 fully saturated rings. The summed E-state index contributed by atoms with van der Waals surface area (Å²) in [5, 5.41) is 7.01. The summed E-state index contributed by atoms with van der Waals surface area (Å²) in [5.41, 5.74) is 4.57. The molecule has 6 nitrogen and oxygen atoms in total. The Labute approximate surface area is 151 Å². The third kappa shape index (κ3) is 2.33. The van der Waals surface area contributed by atoms with Gasteiger partial charge in [0, 0.05) is 35.5 Å². The van der Waals surface area contributed by atoms with E-state index in [0.29, 0.717) is 5.69 Å². The van der Waals surface area contributed by atoms with Crippen LogP contribution in [-0.4, -0.2) is 37.0 Å². The lowest BCUT2D eigenvalue weighted by Crippen LogP contribution is -2.42. The van der Waals surface area contributed by atoms with Crippen molar-refractivity contribution in [3.8, 4) is 11.4 Å². The number of aryl methyl sites for hydroxylation is 1. The Balaban J connectivity index is 1.50. The van der Waals surface area contributed by atoms with Crippen LogP contribution in [-0.2, 0) is 6.42 Å². The number of hydrogen-bond donors (Lipinski definition) is 1. The van der Waals surface area contributed by atoms with Crippen LogP contribution >= 0.6 is 0 Å². The molecule has 3 aromatic rings. The van der Waals surface area contributed by atoms with Gasteiger partial charge in [0.1, 0.15) is 5.69 Å². The van der Waals surface area contributed by atoms with E-state index in [1.165, 1.54) is 0 Å². The first-order chi connectivity index (χ1) is 12.7. The number of amides is 1. The normalized spacial score (nSPS) is 20.9. The van der Waals surface area contributed by atoms with Crippen molar-refractivity contribution in [2.24, 2.45) is 0 Å². The van der Waals surface area contributed by atoms with Crippen molar-refractivity contribution in [2.75, 3.05) is 0 Å². The van der Waals surface area contributed by atoms with Crippen LogP contribution in [0.25, 0.3) is 11.4 Å². The molecule has 1 saturated heterocycles. The fourth-order valence-corrected chi connectivity index (χ4v) is 4.17. The first kappa shape index (κ1) is 15.3. The summed E-state index contributed by atoms with van der Waals surface area (Å²) >= 11 is 0. The third-order valence-corrected chi connectivity index (χ3v) is 5.38. The van der Waals surface area contributed by atoms with Gasteiger partial charge in [-0.05, 0) is 25.8 Å². The number of fused-ring (bicyclic) bond motifs is 4. The lowest BCUT2D eigenvalue weighted by molar-refractivity contribution is 0.0637. The molecule has 130 valence electrons. The van der Waals surface area contributed by atoms with Crippen molar-refractivity contribution in [3.05, 3.63) is 65.2 Å². The topological polar surface area (TPSA) is 74.8 Å². The summed E-state index contributed by atoms with van der Waals surface area (Å²) < 4.78 is 0. The summed E-state index contributed by atoms with van der Waals surface area (Å²) in [6.07, 6.45) is 4.65. The van der Waals surface area contributed by atoms with Crippen molar-refractivity contribution in [3.63, 3.8) is 0 Å². The van der Waals surface area contributed by atoms with Gasteiger partial charge in [0.2, 0.25) is 0 Å². The van der Waals surface area contributed by atoms with E-state index < -0.39 is 0 Å². The second-order valence-electron chi connectivity index (χ2n) is 7.06. The Morgan fingerprint density at radius 1 is 1.23 bits per heavy atom. The second-order valence-corrected chi connectivity index (χ2v) is 7.06. The monoisotopic (exact) mass is 345 g/mol. The highest BCUT2D eigenvalue weighted by Crippen LogP contribution is 2.43. The highest BCUT2D eigenvalue weighted by Gasteiger charge is 2.44. The molecule has 5 rings (SSSR count). The molecule has 4 heterocycles. The first-order valence-electron chi connectivity index (χ1n) is 8.96. The van der Waals surface area contributed by atoms with Crippen LogP contribution in [0.2, 0.25) is 0 Å². The smallest absolute Gasteiger partial charge is 0.275 e. The molecule has 1 aromatic carbocycles. The van der Waals surface area contributed by atoms with E-state index in [1.54, 1.807) is 0 Å². The quantitative estimate of drug-likeness (QED) is 0.774. The number of benzene rings is 1. The molecule has 2 aliphatic heterocycles. The van der Waals surface area contributed by atoms with E-state index >= 15 is 0 Å². The zero-order valence-electron chi connectivity index (χ0n) is 14.5. The van der Waals surface area contributed by atoms with Crippen molar-refractivity contribution < 1.29 is 4.79 Å². The average Bonchev–Trinajstić information content (AvgIpc) is 3.24. The van der Waals surface area contributed by atoms with Gasteiger partial charge in [-0.1, -0.05) is 30.3 Å². The molecule has 0 saturated carbocycles. The number of aromatic amines is 1. The molecule has 0 spiro atoms. The minimum atomic E-state index is -0.000337. The van der Waals surface area contributed by atoms with E-state index in [0.717, 1.165) is 47.6 Å². The number of nitrogens with one attached hydrogen (secondary N) is 1. The molecular weight excluding hydrogens is 326 g/mol. The summed E-state index contributed by atoms with van der Waals surface area (Å²) in [6.45, 7) is 1.91. The van der Waals surface area contributed by atoms with E-state index in [9.17, 15) is 4.79 Å². The van der Waals surface area contributed by atoms with Gasteiger partial charge < -0.3 is 4.90 Å². The zero-order chi connectivity index (χ0) is 17.7. The highest BCUT2D eigenvalue weighted by atomic mass is 16.2. The van der Waals surface area contributed by atoms with Crippen LogP contribution in [0.5, 0.6) is 0 Å². The number of aromatic nitrogens is 4. The summed E-state index contributed by atoms with van der Waals surface area (Å²) in [7, 11) is 0. The van der Waals surface area contributed by atoms with Gasteiger partial charge in [0.05, 0.1) is 11.7 Å².